The summed E-state index contributed by atoms with van der Waals surface area (Å²) in [7, 11) is 0. The number of nitrogens with two attached hydrogens (primary N) is 1. The third kappa shape index (κ3) is 2.43. The van der Waals surface area contributed by atoms with Crippen molar-refractivity contribution in [2.75, 3.05) is 32.7 Å². The van der Waals surface area contributed by atoms with Crippen molar-refractivity contribution in [2.45, 2.75) is 32.2 Å². The van der Waals surface area contributed by atoms with Crippen LogP contribution in [0.15, 0.2) is 4.99 Å². The predicted octanol–water partition coefficient (Wildman–Crippen LogP) is 0.491. The minimum absolute atomic E-state index is 0.720. The Labute approximate surface area is 92.1 Å². The molecule has 0 aromatic carbocycles. The number of fused-ring (bicyclic) bond motifs is 1. The second-order valence-electron chi connectivity index (χ2n) is 4.46. The first-order valence-electron chi connectivity index (χ1n) is 6.10. The van der Waals surface area contributed by atoms with E-state index in [2.05, 4.69) is 14.8 Å². The molecular weight excluding hydrogens is 188 g/mol. The van der Waals surface area contributed by atoms with Gasteiger partial charge in [-0.15, -0.1) is 0 Å². The van der Waals surface area contributed by atoms with E-state index in [1.165, 1.54) is 25.8 Å². The van der Waals surface area contributed by atoms with Crippen LogP contribution in [-0.2, 0) is 0 Å². The molecule has 2 saturated heterocycles. The molecule has 2 rings (SSSR count). The van der Waals surface area contributed by atoms with Crippen LogP contribution in [0.4, 0.5) is 0 Å². The Kier molecular flexibility index (Phi) is 3.46. The summed E-state index contributed by atoms with van der Waals surface area (Å²) in [6, 6.07) is 0.720. The highest BCUT2D eigenvalue weighted by Crippen LogP contribution is 2.20. The Hall–Kier alpha value is -0.770. The first kappa shape index (κ1) is 10.7. The first-order valence-corrected chi connectivity index (χ1v) is 6.10. The maximum absolute atomic E-state index is 5.94. The van der Waals surface area contributed by atoms with Gasteiger partial charge >= 0.3 is 0 Å². The van der Waals surface area contributed by atoms with Gasteiger partial charge in [0.25, 0.3) is 0 Å². The minimum atomic E-state index is 0.720. The van der Waals surface area contributed by atoms with E-state index in [9.17, 15) is 0 Å². The summed E-state index contributed by atoms with van der Waals surface area (Å²) in [5.74, 6) is 0.739. The second-order valence-corrected chi connectivity index (χ2v) is 4.46. The molecule has 15 heavy (non-hydrogen) atoms. The van der Waals surface area contributed by atoms with E-state index in [4.69, 9.17) is 5.73 Å². The Morgan fingerprint density at radius 3 is 3.00 bits per heavy atom. The highest BCUT2D eigenvalue weighted by atomic mass is 15.3. The van der Waals surface area contributed by atoms with Gasteiger partial charge in [0.15, 0.2) is 5.96 Å². The fourth-order valence-electron chi connectivity index (χ4n) is 2.63. The SMILES string of the molecule is CCN=C(N)N1CCN2CCCCC2C1. The highest BCUT2D eigenvalue weighted by Gasteiger charge is 2.29. The smallest absolute Gasteiger partial charge is 0.191 e. The number of piperidine rings is 1. The van der Waals surface area contributed by atoms with Gasteiger partial charge in [-0.3, -0.25) is 9.89 Å². The van der Waals surface area contributed by atoms with Crippen LogP contribution in [0, 0.1) is 0 Å². The fraction of sp³-hybridized carbons (Fsp3) is 0.909. The Morgan fingerprint density at radius 2 is 2.20 bits per heavy atom. The van der Waals surface area contributed by atoms with Gasteiger partial charge in [0, 0.05) is 32.2 Å². The van der Waals surface area contributed by atoms with Crippen LogP contribution in [0.25, 0.3) is 0 Å². The lowest BCUT2D eigenvalue weighted by Gasteiger charge is -2.44. The predicted molar refractivity (Wildman–Crippen MR) is 62.9 cm³/mol. The van der Waals surface area contributed by atoms with Gasteiger partial charge < -0.3 is 10.6 Å². The molecule has 4 heteroatoms. The molecule has 2 aliphatic rings. The van der Waals surface area contributed by atoms with E-state index in [0.717, 1.165) is 38.2 Å². The largest absolute Gasteiger partial charge is 0.370 e. The molecule has 0 saturated carbocycles. The summed E-state index contributed by atoms with van der Waals surface area (Å²) in [4.78, 5) is 9.14. The molecule has 0 radical (unpaired) electrons. The lowest BCUT2D eigenvalue weighted by atomic mass is 10.00. The second kappa shape index (κ2) is 4.84. The van der Waals surface area contributed by atoms with E-state index in [0.29, 0.717) is 0 Å². The topological polar surface area (TPSA) is 44.9 Å². The van der Waals surface area contributed by atoms with Crippen molar-refractivity contribution in [1.29, 1.82) is 0 Å². The van der Waals surface area contributed by atoms with E-state index >= 15 is 0 Å². The zero-order valence-electron chi connectivity index (χ0n) is 9.65. The number of aliphatic imine (C=N–C) groups is 1. The number of rotatable bonds is 1. The molecule has 2 heterocycles. The van der Waals surface area contributed by atoms with Crippen molar-refractivity contribution in [2.24, 2.45) is 10.7 Å². The van der Waals surface area contributed by atoms with Gasteiger partial charge in [-0.05, 0) is 26.3 Å². The van der Waals surface area contributed by atoms with Crippen molar-refractivity contribution in [3.8, 4) is 0 Å². The molecule has 0 bridgehead atoms. The molecule has 2 aliphatic heterocycles. The zero-order chi connectivity index (χ0) is 10.7. The van der Waals surface area contributed by atoms with Crippen LogP contribution >= 0.6 is 0 Å². The highest BCUT2D eigenvalue weighted by molar-refractivity contribution is 5.78. The van der Waals surface area contributed by atoms with Crippen LogP contribution in [0.3, 0.4) is 0 Å². The molecule has 0 aromatic heterocycles. The average molecular weight is 210 g/mol. The number of piperazine rings is 1. The van der Waals surface area contributed by atoms with Gasteiger partial charge in [-0.25, -0.2) is 0 Å². The molecule has 2 fully saturated rings. The van der Waals surface area contributed by atoms with Gasteiger partial charge in [0.1, 0.15) is 0 Å². The van der Waals surface area contributed by atoms with Gasteiger partial charge in [0.05, 0.1) is 0 Å². The molecule has 0 aromatic rings. The van der Waals surface area contributed by atoms with Crippen molar-refractivity contribution < 1.29 is 0 Å². The summed E-state index contributed by atoms with van der Waals surface area (Å²) in [6.45, 7) is 7.38. The van der Waals surface area contributed by atoms with Gasteiger partial charge in [-0.2, -0.15) is 0 Å². The molecule has 4 nitrogen and oxygen atoms in total. The normalized spacial score (nSPS) is 29.0. The molecule has 2 N–H and O–H groups in total. The van der Waals surface area contributed by atoms with E-state index in [1.54, 1.807) is 0 Å². The van der Waals surface area contributed by atoms with Crippen molar-refractivity contribution in [1.82, 2.24) is 9.80 Å². The van der Waals surface area contributed by atoms with Crippen LogP contribution in [0.1, 0.15) is 26.2 Å². The van der Waals surface area contributed by atoms with E-state index < -0.39 is 0 Å². The van der Waals surface area contributed by atoms with Crippen molar-refractivity contribution in [3.05, 3.63) is 0 Å². The summed E-state index contributed by atoms with van der Waals surface area (Å²) in [5, 5.41) is 0. The third-order valence-electron chi connectivity index (χ3n) is 3.48. The maximum Gasteiger partial charge on any atom is 0.191 e. The zero-order valence-corrected chi connectivity index (χ0v) is 9.65. The van der Waals surface area contributed by atoms with Gasteiger partial charge in [0.2, 0.25) is 0 Å². The summed E-state index contributed by atoms with van der Waals surface area (Å²) >= 11 is 0. The summed E-state index contributed by atoms with van der Waals surface area (Å²) in [5.41, 5.74) is 5.94. The van der Waals surface area contributed by atoms with Gasteiger partial charge in [-0.1, -0.05) is 6.42 Å². The number of nitrogens with zero attached hydrogens (tertiary/aromatic N) is 3. The quantitative estimate of drug-likeness (QED) is 0.506. The lowest BCUT2D eigenvalue weighted by Crippen LogP contribution is -2.57. The standard InChI is InChI=1S/C11H22N4/c1-2-13-11(12)15-8-7-14-6-4-3-5-10(14)9-15/h10H,2-9H2,1H3,(H2,12,13). The lowest BCUT2D eigenvalue weighted by molar-refractivity contribution is 0.0796. The molecule has 1 atom stereocenters. The molecule has 0 amide bonds. The Morgan fingerprint density at radius 1 is 1.33 bits per heavy atom. The number of hydrogen-bond donors (Lipinski definition) is 1. The molecule has 1 unspecified atom stereocenters. The van der Waals surface area contributed by atoms with Crippen molar-refractivity contribution >= 4 is 5.96 Å². The van der Waals surface area contributed by atoms with Crippen LogP contribution in [-0.4, -0.2) is 54.5 Å². The van der Waals surface area contributed by atoms with E-state index in [1.807, 2.05) is 6.92 Å². The maximum atomic E-state index is 5.94. The molecular formula is C11H22N4. The van der Waals surface area contributed by atoms with Crippen LogP contribution < -0.4 is 5.73 Å². The minimum Gasteiger partial charge on any atom is -0.370 e. The molecule has 0 spiro atoms. The molecule has 86 valence electrons. The number of guanidine groups is 1. The number of hydrogen-bond acceptors (Lipinski definition) is 2. The third-order valence-corrected chi connectivity index (χ3v) is 3.48. The fourth-order valence-corrected chi connectivity index (χ4v) is 2.63. The monoisotopic (exact) mass is 210 g/mol. The summed E-state index contributed by atoms with van der Waals surface area (Å²) in [6.07, 6.45) is 4.07. The van der Waals surface area contributed by atoms with Crippen LogP contribution in [0.5, 0.6) is 0 Å². The molecule has 0 aliphatic carbocycles. The van der Waals surface area contributed by atoms with Crippen molar-refractivity contribution in [3.63, 3.8) is 0 Å². The Bertz CT molecular complexity index is 239. The Balaban J connectivity index is 1.93. The summed E-state index contributed by atoms with van der Waals surface area (Å²) < 4.78 is 0. The van der Waals surface area contributed by atoms with E-state index in [-0.39, 0.29) is 0 Å². The van der Waals surface area contributed by atoms with Crippen LogP contribution in [0.2, 0.25) is 0 Å². The average Bonchev–Trinajstić information content (AvgIpc) is 2.29. The first-order chi connectivity index (χ1) is 7.31.